The predicted octanol–water partition coefficient (Wildman–Crippen LogP) is -1.31. The van der Waals surface area contributed by atoms with Gasteiger partial charge in [0.2, 0.25) is 0 Å². The first-order valence-electron chi connectivity index (χ1n) is 7.52. The molecule has 0 radical (unpaired) electrons. The van der Waals surface area contributed by atoms with E-state index in [1.165, 1.54) is 4.90 Å². The molecular formula is C11H16F6N3O6S2+. The Hall–Kier alpha value is -1.14. The third kappa shape index (κ3) is 6.73. The summed E-state index contributed by atoms with van der Waals surface area (Å²) in [5.74, 6) is 0. The Bertz CT molecular complexity index is 725. The molecule has 17 heteroatoms. The zero-order valence-corrected chi connectivity index (χ0v) is 15.5. The van der Waals surface area contributed by atoms with Crippen LogP contribution >= 0.6 is 0 Å². The number of hydrogen-bond donors (Lipinski definition) is 2. The first-order valence-corrected chi connectivity index (χ1v) is 10.5. The fourth-order valence-corrected chi connectivity index (χ4v) is 3.90. The average Bonchev–Trinajstić information content (AvgIpc) is 3.38. The van der Waals surface area contributed by atoms with Crippen molar-refractivity contribution in [1.29, 1.82) is 0 Å². The number of epoxide rings is 2. The monoisotopic (exact) mass is 464 g/mol. The molecule has 0 aliphatic carbocycles. The van der Waals surface area contributed by atoms with Crippen molar-refractivity contribution in [3.63, 3.8) is 0 Å². The number of nitrogens with one attached hydrogen (secondary N) is 2. The van der Waals surface area contributed by atoms with E-state index in [4.69, 9.17) is 9.47 Å². The van der Waals surface area contributed by atoms with Gasteiger partial charge in [-0.2, -0.15) is 26.3 Å². The molecule has 2 fully saturated rings. The molecule has 0 spiro atoms. The lowest BCUT2D eigenvalue weighted by atomic mass is 10.4. The summed E-state index contributed by atoms with van der Waals surface area (Å²) in [7, 11) is -13.2. The molecule has 164 valence electrons. The summed E-state index contributed by atoms with van der Waals surface area (Å²) in [6, 6.07) is 0. The molecule has 0 bridgehead atoms. The standard InChI is InChI=1S/C9H14N2O2.C2HF6NO4S2/c1-2-11(4-9-6-13-9)7-10(1)3-8-5-12-8;3-1(4,5)14(10,11)9-15(12,13)2(6,7)8/h1-2,8-9H,3-7H2;9H/p+1. The van der Waals surface area contributed by atoms with E-state index in [0.717, 1.165) is 33.0 Å². The van der Waals surface area contributed by atoms with Gasteiger partial charge in [0, 0.05) is 0 Å². The number of rotatable bonds is 6. The Morgan fingerprint density at radius 2 is 1.43 bits per heavy atom. The molecule has 0 amide bonds. The van der Waals surface area contributed by atoms with Crippen LogP contribution < -0.4 is 9.03 Å². The molecule has 0 saturated carbocycles. The van der Waals surface area contributed by atoms with Crippen LogP contribution in [0.25, 0.3) is 0 Å². The highest BCUT2D eigenvalue weighted by Gasteiger charge is 2.55. The van der Waals surface area contributed by atoms with Gasteiger partial charge in [0.25, 0.3) is 0 Å². The van der Waals surface area contributed by atoms with Crippen molar-refractivity contribution in [2.24, 2.45) is 0 Å². The minimum atomic E-state index is -6.60. The number of hydrogen-bond acceptors (Lipinski definition) is 7. The molecule has 0 aromatic heterocycles. The van der Waals surface area contributed by atoms with Crippen molar-refractivity contribution in [2.75, 3.05) is 33.0 Å². The Balaban J connectivity index is 0.000000201. The molecule has 3 atom stereocenters. The molecule has 3 rings (SSSR count). The van der Waals surface area contributed by atoms with E-state index in [1.807, 2.05) is 0 Å². The van der Waals surface area contributed by atoms with E-state index >= 15 is 0 Å². The van der Waals surface area contributed by atoms with E-state index in [2.05, 4.69) is 17.3 Å². The van der Waals surface area contributed by atoms with Crippen molar-refractivity contribution < 1.29 is 57.6 Å². The molecule has 3 heterocycles. The van der Waals surface area contributed by atoms with Gasteiger partial charge in [-0.05, 0) is 0 Å². The topological polar surface area (TPSA) is 113 Å². The van der Waals surface area contributed by atoms with Gasteiger partial charge >= 0.3 is 31.1 Å². The molecule has 2 saturated heterocycles. The predicted molar refractivity (Wildman–Crippen MR) is 79.1 cm³/mol. The van der Waals surface area contributed by atoms with Crippen LogP contribution in [0, 0.1) is 0 Å². The van der Waals surface area contributed by atoms with Gasteiger partial charge in [-0.1, -0.05) is 4.13 Å². The van der Waals surface area contributed by atoms with Crippen molar-refractivity contribution in [1.82, 2.24) is 9.03 Å². The van der Waals surface area contributed by atoms with Gasteiger partial charge in [0.05, 0.1) is 32.1 Å². The molecule has 0 aromatic carbocycles. The highest BCUT2D eigenvalue weighted by Crippen LogP contribution is 2.27. The normalized spacial score (nSPS) is 27.4. The van der Waals surface area contributed by atoms with Gasteiger partial charge in [-0.25, -0.2) is 16.8 Å². The summed E-state index contributed by atoms with van der Waals surface area (Å²) in [6.45, 7) is 5.18. The van der Waals surface area contributed by atoms with Gasteiger partial charge in [-0.15, -0.1) is 0 Å². The third-order valence-electron chi connectivity index (χ3n) is 3.49. The van der Waals surface area contributed by atoms with Crippen LogP contribution in [0.5, 0.6) is 0 Å². The van der Waals surface area contributed by atoms with Crippen LogP contribution in [0.2, 0.25) is 0 Å². The maximum atomic E-state index is 11.5. The lowest BCUT2D eigenvalue weighted by molar-refractivity contribution is -0.849. The molecule has 2 N–H and O–H groups in total. The van der Waals surface area contributed by atoms with Gasteiger partial charge in [-0.3, -0.25) is 4.90 Å². The minimum absolute atomic E-state index is 0.493. The highest BCUT2D eigenvalue weighted by molar-refractivity contribution is 8.05. The molecular weight excluding hydrogens is 448 g/mol. The second kappa shape index (κ2) is 7.94. The number of quaternary nitrogens is 1. The van der Waals surface area contributed by atoms with Crippen LogP contribution in [0.1, 0.15) is 0 Å². The largest absolute Gasteiger partial charge is 0.512 e. The maximum absolute atomic E-state index is 11.5. The van der Waals surface area contributed by atoms with Crippen molar-refractivity contribution in [2.45, 2.75) is 23.2 Å². The zero-order chi connectivity index (χ0) is 21.4. The van der Waals surface area contributed by atoms with Crippen LogP contribution in [0.3, 0.4) is 0 Å². The van der Waals surface area contributed by atoms with E-state index in [0.29, 0.717) is 12.2 Å². The molecule has 3 aliphatic rings. The summed E-state index contributed by atoms with van der Waals surface area (Å²) in [6.07, 6.45) is 5.43. The fraction of sp³-hybridized carbons (Fsp3) is 0.818. The second-order valence-corrected chi connectivity index (χ2v) is 9.61. The highest BCUT2D eigenvalue weighted by atomic mass is 32.3. The Labute approximate surface area is 155 Å². The Kier molecular flexibility index (Phi) is 6.56. The van der Waals surface area contributed by atoms with Gasteiger partial charge in [0.1, 0.15) is 18.8 Å². The molecule has 3 unspecified atom stereocenters. The van der Waals surface area contributed by atoms with Crippen LogP contribution in [0.4, 0.5) is 26.3 Å². The summed E-state index contributed by atoms with van der Waals surface area (Å²) in [5.41, 5.74) is -12.3. The molecule has 0 aromatic rings. The summed E-state index contributed by atoms with van der Waals surface area (Å²) < 4.78 is 119. The van der Waals surface area contributed by atoms with Crippen LogP contribution in [-0.2, 0) is 29.5 Å². The van der Waals surface area contributed by atoms with Crippen molar-refractivity contribution in [3.05, 3.63) is 12.4 Å². The quantitative estimate of drug-likeness (QED) is 0.371. The Morgan fingerprint density at radius 1 is 0.964 bits per heavy atom. The first kappa shape index (κ1) is 23.1. The number of sulfonamides is 2. The zero-order valence-electron chi connectivity index (χ0n) is 13.8. The maximum Gasteiger partial charge on any atom is 0.512 e. The van der Waals surface area contributed by atoms with Crippen LogP contribution in [0.15, 0.2) is 12.4 Å². The number of nitrogens with zero attached hydrogens (tertiary/aromatic N) is 1. The van der Waals surface area contributed by atoms with Crippen LogP contribution in [-0.4, -0.2) is 77.9 Å². The minimum Gasteiger partial charge on any atom is -0.371 e. The third-order valence-corrected chi connectivity index (χ3v) is 6.46. The van der Waals surface area contributed by atoms with E-state index in [9.17, 15) is 43.2 Å². The summed E-state index contributed by atoms with van der Waals surface area (Å²) in [4.78, 5) is 3.83. The molecule has 28 heavy (non-hydrogen) atoms. The number of alkyl halides is 6. The number of halogens is 6. The molecule has 3 aliphatic heterocycles. The van der Waals surface area contributed by atoms with Crippen molar-refractivity contribution >= 4 is 20.0 Å². The van der Waals surface area contributed by atoms with E-state index < -0.39 is 35.2 Å². The van der Waals surface area contributed by atoms with Crippen molar-refractivity contribution in [3.8, 4) is 0 Å². The molecule has 9 nitrogen and oxygen atoms in total. The van der Waals surface area contributed by atoms with Gasteiger partial charge < -0.3 is 14.4 Å². The van der Waals surface area contributed by atoms with Gasteiger partial charge in [0.15, 0.2) is 6.67 Å². The summed E-state index contributed by atoms with van der Waals surface area (Å²) >= 11 is 0. The fourth-order valence-electron chi connectivity index (χ4n) is 1.99. The number of ether oxygens (including phenoxy) is 2. The van der Waals surface area contributed by atoms with E-state index in [1.54, 1.807) is 0 Å². The second-order valence-electron chi connectivity index (χ2n) is 6.00. The lowest BCUT2D eigenvalue weighted by Gasteiger charge is -2.14. The van der Waals surface area contributed by atoms with E-state index in [-0.39, 0.29) is 0 Å². The lowest BCUT2D eigenvalue weighted by Crippen LogP contribution is -3.08. The average molecular weight is 464 g/mol. The Morgan fingerprint density at radius 3 is 1.82 bits per heavy atom. The SMILES string of the molecule is C1=C[NH+](CC2CO2)CN1CC1CO1.O=S(=O)(NS(=O)(=O)C(F)(F)F)C(F)(F)F. The summed E-state index contributed by atoms with van der Waals surface area (Å²) in [5, 5.41) is 0. The smallest absolute Gasteiger partial charge is 0.371 e. The first-order chi connectivity index (χ1) is 12.6.